The van der Waals surface area contributed by atoms with Gasteiger partial charge in [0.1, 0.15) is 18.1 Å². The van der Waals surface area contributed by atoms with E-state index >= 15 is 0 Å². The number of hydrogen-bond donors (Lipinski definition) is 7. The van der Waals surface area contributed by atoms with Crippen LogP contribution in [0.25, 0.3) is 10.9 Å². The van der Waals surface area contributed by atoms with E-state index in [0.717, 1.165) is 16.5 Å². The number of thioether (sulfide) groups is 1. The number of H-pyrrole nitrogens is 1. The molecule has 198 valence electrons. The molecule has 11 nitrogen and oxygen atoms in total. The highest BCUT2D eigenvalue weighted by Crippen LogP contribution is 2.19. The number of aromatic nitrogens is 1. The molecule has 4 atom stereocenters. The average Bonchev–Trinajstić information content (AvgIpc) is 3.25. The van der Waals surface area contributed by atoms with Gasteiger partial charge in [-0.3, -0.25) is 14.4 Å². The maximum Gasteiger partial charge on any atom is 0.326 e. The number of carboxylic acid groups (broad SMARTS) is 1. The highest BCUT2D eigenvalue weighted by molar-refractivity contribution is 7.98. The fraction of sp³-hybridized carbons (Fsp3) is 0.500. The first-order valence-electron chi connectivity index (χ1n) is 11.6. The summed E-state index contributed by atoms with van der Waals surface area (Å²) >= 11 is 1.43. The van der Waals surface area contributed by atoms with E-state index in [1.54, 1.807) is 20.0 Å². The predicted molar refractivity (Wildman–Crippen MR) is 138 cm³/mol. The van der Waals surface area contributed by atoms with E-state index in [1.807, 2.05) is 30.5 Å². The number of aliphatic hydroxyl groups is 1. The number of aliphatic carboxylic acids is 1. The summed E-state index contributed by atoms with van der Waals surface area (Å²) in [6.07, 6.45) is 4.03. The van der Waals surface area contributed by atoms with Crippen LogP contribution in [0, 0.1) is 5.92 Å². The zero-order chi connectivity index (χ0) is 26.8. The minimum Gasteiger partial charge on any atom is -0.480 e. The van der Waals surface area contributed by atoms with Gasteiger partial charge in [-0.1, -0.05) is 32.0 Å². The first-order chi connectivity index (χ1) is 17.1. The number of aliphatic hydroxyl groups excluding tert-OH is 1. The number of aromatic amines is 1. The Morgan fingerprint density at radius 2 is 1.69 bits per heavy atom. The van der Waals surface area contributed by atoms with Crippen molar-refractivity contribution in [2.24, 2.45) is 11.7 Å². The molecule has 0 saturated carbocycles. The molecule has 1 aromatic carbocycles. The fourth-order valence-electron chi connectivity index (χ4n) is 3.65. The van der Waals surface area contributed by atoms with E-state index < -0.39 is 54.5 Å². The van der Waals surface area contributed by atoms with E-state index in [4.69, 9.17) is 5.73 Å². The molecule has 3 amide bonds. The van der Waals surface area contributed by atoms with Gasteiger partial charge in [-0.15, -0.1) is 0 Å². The molecule has 0 saturated heterocycles. The van der Waals surface area contributed by atoms with Crippen molar-refractivity contribution >= 4 is 46.4 Å². The molecule has 2 aromatic rings. The van der Waals surface area contributed by atoms with Crippen LogP contribution in [0.4, 0.5) is 0 Å². The molecular formula is C24H35N5O6S. The SMILES string of the molecule is CSCCC(NC(=O)C(CO)NC(=O)C(NC(=O)C(N)Cc1c[nH]c2ccccc12)C(C)C)C(=O)O. The lowest BCUT2D eigenvalue weighted by atomic mass is 10.0. The van der Waals surface area contributed by atoms with Gasteiger partial charge in [-0.25, -0.2) is 4.79 Å². The number of rotatable bonds is 14. The van der Waals surface area contributed by atoms with E-state index in [2.05, 4.69) is 20.9 Å². The Labute approximate surface area is 214 Å². The summed E-state index contributed by atoms with van der Waals surface area (Å²) in [6, 6.07) is 3.13. The van der Waals surface area contributed by atoms with Crippen LogP contribution in [-0.4, -0.2) is 81.7 Å². The molecule has 0 spiro atoms. The molecule has 0 bridgehead atoms. The Balaban J connectivity index is 2.02. The monoisotopic (exact) mass is 521 g/mol. The maximum atomic E-state index is 12.9. The van der Waals surface area contributed by atoms with Gasteiger partial charge in [0.2, 0.25) is 17.7 Å². The second kappa shape index (κ2) is 13.9. The predicted octanol–water partition coefficient (Wildman–Crippen LogP) is -0.0219. The summed E-state index contributed by atoms with van der Waals surface area (Å²) in [7, 11) is 0. The zero-order valence-corrected chi connectivity index (χ0v) is 21.4. The highest BCUT2D eigenvalue weighted by Gasteiger charge is 2.31. The standard InChI is InChI=1S/C24H35N5O6S/c1-13(2)20(23(33)28-19(12-30)22(32)27-18(24(34)35)8-9-36-3)29-21(31)16(25)10-14-11-26-17-7-5-4-6-15(14)17/h4-7,11,13,16,18-20,26,30H,8-10,12,25H2,1-3H3,(H,27,32)(H,28,33)(H,29,31)(H,34,35). The molecule has 0 radical (unpaired) electrons. The number of hydrogen-bond acceptors (Lipinski definition) is 7. The summed E-state index contributed by atoms with van der Waals surface area (Å²) in [6.45, 7) is 2.69. The van der Waals surface area contributed by atoms with Crippen molar-refractivity contribution in [3.63, 3.8) is 0 Å². The van der Waals surface area contributed by atoms with Crippen LogP contribution in [0.3, 0.4) is 0 Å². The third-order valence-electron chi connectivity index (χ3n) is 5.74. The van der Waals surface area contributed by atoms with Crippen molar-refractivity contribution in [1.29, 1.82) is 0 Å². The Morgan fingerprint density at radius 3 is 2.31 bits per heavy atom. The third kappa shape index (κ3) is 7.97. The molecule has 8 N–H and O–H groups in total. The summed E-state index contributed by atoms with van der Waals surface area (Å²) in [5.74, 6) is -3.12. The largest absolute Gasteiger partial charge is 0.480 e. The molecule has 36 heavy (non-hydrogen) atoms. The topological polar surface area (TPSA) is 187 Å². The van der Waals surface area contributed by atoms with Crippen molar-refractivity contribution in [2.45, 2.75) is 50.9 Å². The number of nitrogens with two attached hydrogens (primary N) is 1. The lowest BCUT2D eigenvalue weighted by Crippen LogP contribution is -2.59. The van der Waals surface area contributed by atoms with Crippen molar-refractivity contribution in [3.8, 4) is 0 Å². The van der Waals surface area contributed by atoms with Crippen molar-refractivity contribution in [1.82, 2.24) is 20.9 Å². The highest BCUT2D eigenvalue weighted by atomic mass is 32.2. The van der Waals surface area contributed by atoms with Gasteiger partial charge in [0.15, 0.2) is 0 Å². The Bertz CT molecular complexity index is 1060. The van der Waals surface area contributed by atoms with Gasteiger partial charge in [0.05, 0.1) is 12.6 Å². The number of fused-ring (bicyclic) bond motifs is 1. The number of amides is 3. The summed E-state index contributed by atoms with van der Waals surface area (Å²) in [5, 5.41) is 27.3. The quantitative estimate of drug-likeness (QED) is 0.181. The Morgan fingerprint density at radius 1 is 1.03 bits per heavy atom. The second-order valence-corrected chi connectivity index (χ2v) is 9.81. The van der Waals surface area contributed by atoms with Crippen molar-refractivity contribution in [3.05, 3.63) is 36.0 Å². The van der Waals surface area contributed by atoms with Crippen molar-refractivity contribution < 1.29 is 29.4 Å². The van der Waals surface area contributed by atoms with Gasteiger partial charge in [0.25, 0.3) is 0 Å². The molecule has 2 rings (SSSR count). The molecule has 12 heteroatoms. The number of benzene rings is 1. The van der Waals surface area contributed by atoms with Gasteiger partial charge < -0.3 is 36.9 Å². The van der Waals surface area contributed by atoms with Crippen LogP contribution in [0.5, 0.6) is 0 Å². The Kier molecular flexibility index (Phi) is 11.2. The van der Waals surface area contributed by atoms with Gasteiger partial charge in [-0.2, -0.15) is 11.8 Å². The summed E-state index contributed by atoms with van der Waals surface area (Å²) < 4.78 is 0. The van der Waals surface area contributed by atoms with Gasteiger partial charge >= 0.3 is 5.97 Å². The molecule has 0 aliphatic heterocycles. The molecular weight excluding hydrogens is 486 g/mol. The average molecular weight is 522 g/mol. The maximum absolute atomic E-state index is 12.9. The fourth-order valence-corrected chi connectivity index (χ4v) is 4.12. The summed E-state index contributed by atoms with van der Waals surface area (Å²) in [5.41, 5.74) is 7.92. The van der Waals surface area contributed by atoms with Crippen LogP contribution in [0.1, 0.15) is 25.8 Å². The first kappa shape index (κ1) is 29.1. The van der Waals surface area contributed by atoms with Gasteiger partial charge in [0, 0.05) is 17.1 Å². The number of carbonyl (C=O) groups is 4. The number of carbonyl (C=O) groups excluding carboxylic acids is 3. The van der Waals surface area contributed by atoms with E-state index in [-0.39, 0.29) is 18.8 Å². The Hall–Kier alpha value is -3.09. The van der Waals surface area contributed by atoms with E-state index in [9.17, 15) is 29.4 Å². The molecule has 0 fully saturated rings. The number of carboxylic acids is 1. The molecule has 4 unspecified atom stereocenters. The number of para-hydroxylation sites is 1. The third-order valence-corrected chi connectivity index (χ3v) is 6.38. The van der Waals surface area contributed by atoms with Crippen LogP contribution >= 0.6 is 11.8 Å². The second-order valence-electron chi connectivity index (χ2n) is 8.83. The number of nitrogens with one attached hydrogen (secondary N) is 4. The molecule has 1 heterocycles. The molecule has 0 aliphatic carbocycles. The van der Waals surface area contributed by atoms with Crippen LogP contribution in [0.2, 0.25) is 0 Å². The van der Waals surface area contributed by atoms with Crippen molar-refractivity contribution in [2.75, 3.05) is 18.6 Å². The minimum atomic E-state index is -1.38. The van der Waals surface area contributed by atoms with Gasteiger partial charge in [-0.05, 0) is 42.4 Å². The smallest absolute Gasteiger partial charge is 0.326 e. The normalized spacial score (nSPS) is 14.6. The minimum absolute atomic E-state index is 0.188. The van der Waals surface area contributed by atoms with Crippen LogP contribution in [0.15, 0.2) is 30.5 Å². The molecule has 0 aliphatic rings. The van der Waals surface area contributed by atoms with Crippen LogP contribution in [-0.2, 0) is 25.6 Å². The zero-order valence-electron chi connectivity index (χ0n) is 20.6. The molecule has 1 aromatic heterocycles. The van der Waals surface area contributed by atoms with Crippen LogP contribution < -0.4 is 21.7 Å². The van der Waals surface area contributed by atoms with E-state index in [1.165, 1.54) is 11.8 Å². The first-order valence-corrected chi connectivity index (χ1v) is 13.0. The lowest BCUT2D eigenvalue weighted by molar-refractivity contribution is -0.142. The van der Waals surface area contributed by atoms with E-state index in [0.29, 0.717) is 5.75 Å². The summed E-state index contributed by atoms with van der Waals surface area (Å²) in [4.78, 5) is 52.8. The lowest BCUT2D eigenvalue weighted by Gasteiger charge is -2.26.